The van der Waals surface area contributed by atoms with E-state index in [-0.39, 0.29) is 0 Å². The molecule has 1 aromatic rings. The van der Waals surface area contributed by atoms with Crippen LogP contribution >= 0.6 is 0 Å². The molecule has 1 aliphatic rings. The molecule has 1 fully saturated rings. The van der Waals surface area contributed by atoms with Crippen LogP contribution in [0.5, 0.6) is 0 Å². The molecule has 0 bridgehead atoms. The highest BCUT2D eigenvalue weighted by Gasteiger charge is 2.16. The Kier molecular flexibility index (Phi) is 3.23. The highest BCUT2D eigenvalue weighted by molar-refractivity contribution is 5.31. The van der Waals surface area contributed by atoms with Gasteiger partial charge >= 0.3 is 0 Å². The van der Waals surface area contributed by atoms with Crippen LogP contribution in [-0.4, -0.2) is 0 Å². The first-order chi connectivity index (χ1) is 6.92. The molecule has 0 unspecified atom stereocenters. The van der Waals surface area contributed by atoms with Gasteiger partial charge < -0.3 is 0 Å². The lowest BCUT2D eigenvalue weighted by atomic mass is 9.82. The first-order valence-electron chi connectivity index (χ1n) is 5.79. The van der Waals surface area contributed by atoms with Gasteiger partial charge in [0.05, 0.1) is 0 Å². The normalized spacial score (nSPS) is 18.4. The van der Waals surface area contributed by atoms with Crippen LogP contribution in [0.25, 0.3) is 0 Å². The third-order valence-corrected chi connectivity index (χ3v) is 3.37. The summed E-state index contributed by atoms with van der Waals surface area (Å²) < 4.78 is 0. The first-order valence-corrected chi connectivity index (χ1v) is 5.79. The van der Waals surface area contributed by atoms with E-state index in [9.17, 15) is 0 Å². The molecule has 75 valence electrons. The largest absolute Gasteiger partial charge is 0.0620 e. The average molecular weight is 187 g/mol. The summed E-state index contributed by atoms with van der Waals surface area (Å²) in [6.07, 6.45) is 7.97. The van der Waals surface area contributed by atoms with E-state index >= 15 is 0 Å². The smallest absolute Gasteiger partial charge is 0.0159 e. The lowest BCUT2D eigenvalue weighted by molar-refractivity contribution is 0.442. The van der Waals surface area contributed by atoms with Gasteiger partial charge in [0.2, 0.25) is 0 Å². The van der Waals surface area contributed by atoms with E-state index in [0.717, 1.165) is 12.3 Å². The third-order valence-electron chi connectivity index (χ3n) is 3.37. The number of benzene rings is 1. The molecular formula is C14H19. The average Bonchev–Trinajstić information content (AvgIpc) is 2.30. The summed E-state index contributed by atoms with van der Waals surface area (Å²) in [5.41, 5.74) is 3.03. The fourth-order valence-corrected chi connectivity index (χ4v) is 2.57. The minimum atomic E-state index is 0.821. The van der Waals surface area contributed by atoms with Crippen LogP contribution in [-0.2, 0) is 6.42 Å². The van der Waals surface area contributed by atoms with E-state index in [4.69, 9.17) is 0 Å². The summed E-state index contributed by atoms with van der Waals surface area (Å²) in [4.78, 5) is 0. The van der Waals surface area contributed by atoms with E-state index < -0.39 is 0 Å². The SMILES string of the molecule is [CH2]Cc1ccccc1C1CCCCC1. The Hall–Kier alpha value is -0.780. The van der Waals surface area contributed by atoms with Crippen LogP contribution in [0.2, 0.25) is 0 Å². The second-order valence-corrected chi connectivity index (χ2v) is 4.28. The lowest BCUT2D eigenvalue weighted by Gasteiger charge is -2.24. The quantitative estimate of drug-likeness (QED) is 0.653. The van der Waals surface area contributed by atoms with Crippen LogP contribution in [0.4, 0.5) is 0 Å². The van der Waals surface area contributed by atoms with Crippen molar-refractivity contribution in [3.05, 3.63) is 42.3 Å². The van der Waals surface area contributed by atoms with E-state index in [1.807, 2.05) is 0 Å². The Morgan fingerprint density at radius 3 is 2.50 bits per heavy atom. The maximum Gasteiger partial charge on any atom is -0.0159 e. The van der Waals surface area contributed by atoms with E-state index in [0.29, 0.717) is 0 Å². The van der Waals surface area contributed by atoms with Gasteiger partial charge in [-0.15, -0.1) is 0 Å². The van der Waals surface area contributed by atoms with Crippen molar-refractivity contribution in [2.75, 3.05) is 0 Å². The van der Waals surface area contributed by atoms with Gasteiger partial charge in [-0.25, -0.2) is 0 Å². The summed E-state index contributed by atoms with van der Waals surface area (Å²) in [6.45, 7) is 4.01. The van der Waals surface area contributed by atoms with Crippen molar-refractivity contribution >= 4 is 0 Å². The topological polar surface area (TPSA) is 0 Å². The maximum atomic E-state index is 4.01. The van der Waals surface area contributed by atoms with Crippen molar-refractivity contribution in [3.8, 4) is 0 Å². The monoisotopic (exact) mass is 187 g/mol. The van der Waals surface area contributed by atoms with Crippen molar-refractivity contribution in [2.45, 2.75) is 44.4 Å². The van der Waals surface area contributed by atoms with Crippen molar-refractivity contribution in [1.82, 2.24) is 0 Å². The zero-order valence-electron chi connectivity index (χ0n) is 8.84. The molecule has 2 rings (SSSR count). The predicted octanol–water partition coefficient (Wildman–Crippen LogP) is 4.11. The molecule has 0 spiro atoms. The van der Waals surface area contributed by atoms with Gasteiger partial charge in [0.25, 0.3) is 0 Å². The third kappa shape index (κ3) is 2.00. The van der Waals surface area contributed by atoms with Crippen LogP contribution in [0.3, 0.4) is 0 Å². The molecule has 1 aromatic carbocycles. The van der Waals surface area contributed by atoms with Crippen molar-refractivity contribution in [3.63, 3.8) is 0 Å². The summed E-state index contributed by atoms with van der Waals surface area (Å²) in [6, 6.07) is 8.84. The molecule has 0 saturated heterocycles. The molecule has 1 aliphatic carbocycles. The first kappa shape index (κ1) is 9.76. The van der Waals surface area contributed by atoms with Crippen molar-refractivity contribution in [2.24, 2.45) is 0 Å². The number of rotatable bonds is 2. The van der Waals surface area contributed by atoms with E-state index in [1.165, 1.54) is 37.7 Å². The zero-order chi connectivity index (χ0) is 9.80. The highest BCUT2D eigenvalue weighted by Crippen LogP contribution is 2.34. The van der Waals surface area contributed by atoms with Crippen LogP contribution in [0.15, 0.2) is 24.3 Å². The second-order valence-electron chi connectivity index (χ2n) is 4.28. The van der Waals surface area contributed by atoms with Crippen LogP contribution < -0.4 is 0 Å². The molecule has 1 saturated carbocycles. The van der Waals surface area contributed by atoms with Gasteiger partial charge in [-0.05, 0) is 43.2 Å². The van der Waals surface area contributed by atoms with Gasteiger partial charge in [0, 0.05) is 0 Å². The Balaban J connectivity index is 2.20. The molecule has 0 heterocycles. The highest BCUT2D eigenvalue weighted by atomic mass is 14.2. The lowest BCUT2D eigenvalue weighted by Crippen LogP contribution is -2.06. The summed E-state index contributed by atoms with van der Waals surface area (Å²) in [5, 5.41) is 0. The molecular weight excluding hydrogens is 168 g/mol. The van der Waals surface area contributed by atoms with Gasteiger partial charge in [-0.1, -0.05) is 43.5 Å². The van der Waals surface area contributed by atoms with Crippen molar-refractivity contribution < 1.29 is 0 Å². The molecule has 0 nitrogen and oxygen atoms in total. The second kappa shape index (κ2) is 4.63. The molecule has 0 atom stereocenters. The summed E-state index contributed by atoms with van der Waals surface area (Å²) in [5.74, 6) is 0.821. The Morgan fingerprint density at radius 2 is 1.79 bits per heavy atom. The number of hydrogen-bond acceptors (Lipinski definition) is 0. The predicted molar refractivity (Wildman–Crippen MR) is 61.3 cm³/mol. The van der Waals surface area contributed by atoms with Crippen LogP contribution in [0.1, 0.15) is 49.1 Å². The Bertz CT molecular complexity index is 282. The van der Waals surface area contributed by atoms with Gasteiger partial charge in [0.15, 0.2) is 0 Å². The fourth-order valence-electron chi connectivity index (χ4n) is 2.57. The zero-order valence-corrected chi connectivity index (χ0v) is 8.84. The van der Waals surface area contributed by atoms with E-state index in [1.54, 1.807) is 5.56 Å². The van der Waals surface area contributed by atoms with Crippen LogP contribution in [0, 0.1) is 6.92 Å². The molecule has 0 heteroatoms. The summed E-state index contributed by atoms with van der Waals surface area (Å²) >= 11 is 0. The minimum Gasteiger partial charge on any atom is -0.0620 e. The Morgan fingerprint density at radius 1 is 1.07 bits per heavy atom. The molecule has 0 amide bonds. The van der Waals surface area contributed by atoms with Gasteiger partial charge in [-0.3, -0.25) is 0 Å². The maximum absolute atomic E-state index is 4.01. The van der Waals surface area contributed by atoms with Gasteiger partial charge in [0.1, 0.15) is 0 Å². The molecule has 0 N–H and O–H groups in total. The Labute approximate surface area is 87.3 Å². The minimum absolute atomic E-state index is 0.821. The molecule has 0 aliphatic heterocycles. The molecule has 0 aromatic heterocycles. The molecule has 1 radical (unpaired) electrons. The molecule has 14 heavy (non-hydrogen) atoms. The van der Waals surface area contributed by atoms with Crippen molar-refractivity contribution in [1.29, 1.82) is 0 Å². The van der Waals surface area contributed by atoms with Gasteiger partial charge in [-0.2, -0.15) is 0 Å². The van der Waals surface area contributed by atoms with E-state index in [2.05, 4.69) is 31.2 Å². The standard InChI is InChI=1S/C14H19/c1-2-12-8-6-7-11-14(12)13-9-4-3-5-10-13/h6-8,11,13H,1-5,9-10H2. The summed E-state index contributed by atoms with van der Waals surface area (Å²) in [7, 11) is 0. The number of hydrogen-bond donors (Lipinski definition) is 0. The fraction of sp³-hybridized carbons (Fsp3) is 0.500.